The molecule has 0 saturated carbocycles. The summed E-state index contributed by atoms with van der Waals surface area (Å²) in [4.78, 5) is 0. The van der Waals surface area contributed by atoms with Gasteiger partial charge in [-0.1, -0.05) is 72.8 Å². The van der Waals surface area contributed by atoms with Gasteiger partial charge in [0, 0.05) is 0 Å². The molecule has 0 aromatic heterocycles. The first-order chi connectivity index (χ1) is 8.86. The minimum atomic E-state index is -0.0997. The van der Waals surface area contributed by atoms with Crippen molar-refractivity contribution >= 4 is 22.4 Å². The fraction of sp³-hybridized carbons (Fsp3) is 0.0588. The predicted molar refractivity (Wildman–Crippen MR) is 78.1 cm³/mol. The predicted octanol–water partition coefficient (Wildman–Crippen LogP) is 5.17. The maximum Gasteiger partial charge on any atom is 0.0841 e. The number of hydrogen-bond acceptors (Lipinski definition) is 0. The zero-order chi connectivity index (χ0) is 12.4. The summed E-state index contributed by atoms with van der Waals surface area (Å²) in [6.45, 7) is 0. The maximum absolute atomic E-state index is 6.61. The van der Waals surface area contributed by atoms with Gasteiger partial charge in [0.1, 0.15) is 0 Å². The highest BCUT2D eigenvalue weighted by Gasteiger charge is 2.12. The average Bonchev–Trinajstić information content (AvgIpc) is 2.47. The van der Waals surface area contributed by atoms with Gasteiger partial charge in [-0.25, -0.2) is 0 Å². The van der Waals surface area contributed by atoms with Crippen LogP contribution in [0.2, 0.25) is 0 Å². The Kier molecular flexibility index (Phi) is 3.04. The van der Waals surface area contributed by atoms with Crippen molar-refractivity contribution in [1.82, 2.24) is 0 Å². The minimum Gasteiger partial charge on any atom is -0.113 e. The van der Waals surface area contributed by atoms with Crippen LogP contribution in [0.5, 0.6) is 0 Å². The van der Waals surface area contributed by atoms with Gasteiger partial charge < -0.3 is 0 Å². The highest BCUT2D eigenvalue weighted by molar-refractivity contribution is 6.23. The molecule has 1 heteroatoms. The lowest BCUT2D eigenvalue weighted by molar-refractivity contribution is 1.16. The van der Waals surface area contributed by atoms with Gasteiger partial charge >= 0.3 is 0 Å². The van der Waals surface area contributed by atoms with E-state index >= 15 is 0 Å². The van der Waals surface area contributed by atoms with Crippen LogP contribution >= 0.6 is 11.6 Å². The third-order valence-corrected chi connectivity index (χ3v) is 3.68. The van der Waals surface area contributed by atoms with E-state index in [1.54, 1.807) is 0 Å². The van der Waals surface area contributed by atoms with Crippen LogP contribution in [-0.4, -0.2) is 0 Å². The lowest BCUT2D eigenvalue weighted by atomic mass is 9.98. The second-order valence-corrected chi connectivity index (χ2v) is 4.78. The van der Waals surface area contributed by atoms with E-state index < -0.39 is 0 Å². The molecule has 0 radical (unpaired) electrons. The van der Waals surface area contributed by atoms with Crippen molar-refractivity contribution in [1.29, 1.82) is 0 Å². The average molecular weight is 253 g/mol. The lowest BCUT2D eigenvalue weighted by Gasteiger charge is -2.13. The molecule has 0 unspecified atom stereocenters. The monoisotopic (exact) mass is 252 g/mol. The Morgan fingerprint density at radius 1 is 0.667 bits per heavy atom. The molecule has 0 nitrogen and oxygen atoms in total. The van der Waals surface area contributed by atoms with Crippen molar-refractivity contribution in [2.45, 2.75) is 5.38 Å². The largest absolute Gasteiger partial charge is 0.113 e. The molecule has 0 spiro atoms. The van der Waals surface area contributed by atoms with Crippen LogP contribution < -0.4 is 0 Å². The van der Waals surface area contributed by atoms with E-state index in [-0.39, 0.29) is 5.38 Å². The zero-order valence-corrected chi connectivity index (χ0v) is 10.6. The maximum atomic E-state index is 6.61. The van der Waals surface area contributed by atoms with Gasteiger partial charge in [0.05, 0.1) is 5.38 Å². The lowest BCUT2D eigenvalue weighted by Crippen LogP contribution is -1.94. The molecule has 0 aliphatic carbocycles. The molecule has 3 aromatic carbocycles. The molecule has 0 bridgehead atoms. The van der Waals surface area contributed by atoms with Gasteiger partial charge in [-0.15, -0.1) is 11.6 Å². The third kappa shape index (κ3) is 2.00. The fourth-order valence-electron chi connectivity index (χ4n) is 2.27. The Labute approximate surface area is 112 Å². The van der Waals surface area contributed by atoms with Gasteiger partial charge in [-0.05, 0) is 21.9 Å². The molecule has 0 amide bonds. The van der Waals surface area contributed by atoms with Gasteiger partial charge in [0.2, 0.25) is 0 Å². The van der Waals surface area contributed by atoms with Gasteiger partial charge in [-0.3, -0.25) is 0 Å². The van der Waals surface area contributed by atoms with Crippen LogP contribution in [0.3, 0.4) is 0 Å². The number of rotatable bonds is 2. The molecular weight excluding hydrogens is 240 g/mol. The molecule has 3 rings (SSSR count). The summed E-state index contributed by atoms with van der Waals surface area (Å²) in [7, 11) is 0. The quantitative estimate of drug-likeness (QED) is 0.552. The molecule has 1 atom stereocenters. The fourth-order valence-corrected chi connectivity index (χ4v) is 2.61. The number of halogens is 1. The number of fused-ring (bicyclic) bond motifs is 1. The third-order valence-electron chi connectivity index (χ3n) is 3.19. The summed E-state index contributed by atoms with van der Waals surface area (Å²) in [5.41, 5.74) is 2.30. The van der Waals surface area contributed by atoms with Gasteiger partial charge in [0.25, 0.3) is 0 Å². The number of benzene rings is 3. The topological polar surface area (TPSA) is 0 Å². The molecular formula is C17H13Cl. The van der Waals surface area contributed by atoms with Crippen LogP contribution in [-0.2, 0) is 0 Å². The van der Waals surface area contributed by atoms with Crippen molar-refractivity contribution in [2.24, 2.45) is 0 Å². The van der Waals surface area contributed by atoms with Crippen molar-refractivity contribution in [3.8, 4) is 0 Å². The molecule has 18 heavy (non-hydrogen) atoms. The van der Waals surface area contributed by atoms with E-state index in [4.69, 9.17) is 11.6 Å². The molecule has 88 valence electrons. The van der Waals surface area contributed by atoms with Crippen LogP contribution in [0.25, 0.3) is 10.8 Å². The molecule has 3 aromatic rings. The van der Waals surface area contributed by atoms with Crippen molar-refractivity contribution in [3.63, 3.8) is 0 Å². The van der Waals surface area contributed by atoms with E-state index in [1.807, 2.05) is 18.2 Å². The zero-order valence-electron chi connectivity index (χ0n) is 9.88. The Bertz CT molecular complexity index is 653. The highest BCUT2D eigenvalue weighted by Crippen LogP contribution is 2.33. The van der Waals surface area contributed by atoms with Crippen molar-refractivity contribution < 1.29 is 0 Å². The second-order valence-electron chi connectivity index (χ2n) is 4.34. The molecule has 0 saturated heterocycles. The van der Waals surface area contributed by atoms with Gasteiger partial charge in [-0.2, -0.15) is 0 Å². The summed E-state index contributed by atoms with van der Waals surface area (Å²) in [5, 5.41) is 2.36. The molecule has 0 N–H and O–H groups in total. The Morgan fingerprint density at radius 3 is 2.17 bits per heavy atom. The number of hydrogen-bond donors (Lipinski definition) is 0. The Hall–Kier alpha value is -1.79. The van der Waals surface area contributed by atoms with E-state index in [1.165, 1.54) is 16.3 Å². The normalized spacial score (nSPS) is 12.5. The number of alkyl halides is 1. The van der Waals surface area contributed by atoms with Crippen molar-refractivity contribution in [3.05, 3.63) is 83.9 Å². The molecule has 0 heterocycles. The molecule has 0 fully saturated rings. The minimum absolute atomic E-state index is 0.0997. The van der Waals surface area contributed by atoms with Crippen LogP contribution in [0.15, 0.2) is 72.8 Å². The highest BCUT2D eigenvalue weighted by atomic mass is 35.5. The summed E-state index contributed by atoms with van der Waals surface area (Å²) in [5.74, 6) is 0. The summed E-state index contributed by atoms with van der Waals surface area (Å²) in [6.07, 6.45) is 0. The molecule has 0 aliphatic heterocycles. The van der Waals surface area contributed by atoms with E-state index in [0.29, 0.717) is 0 Å². The SMILES string of the molecule is Cl[C@H](c1ccccc1)c1cccc2ccccc12. The second kappa shape index (κ2) is 4.83. The summed E-state index contributed by atoms with van der Waals surface area (Å²) >= 11 is 6.61. The van der Waals surface area contributed by atoms with Crippen molar-refractivity contribution in [2.75, 3.05) is 0 Å². The first-order valence-electron chi connectivity index (χ1n) is 6.03. The summed E-state index contributed by atoms with van der Waals surface area (Å²) in [6, 6.07) is 24.8. The Balaban J connectivity index is 2.15. The van der Waals surface area contributed by atoms with Crippen LogP contribution in [0, 0.1) is 0 Å². The standard InChI is InChI=1S/C17H13Cl/c18-17(14-8-2-1-3-9-14)16-12-6-10-13-7-4-5-11-15(13)16/h1-12,17H/t17-/m1/s1. The smallest absolute Gasteiger partial charge is 0.0841 e. The van der Waals surface area contributed by atoms with Gasteiger partial charge in [0.15, 0.2) is 0 Å². The summed E-state index contributed by atoms with van der Waals surface area (Å²) < 4.78 is 0. The molecule has 0 aliphatic rings. The Morgan fingerprint density at radius 2 is 1.33 bits per heavy atom. The van der Waals surface area contributed by atoms with E-state index in [0.717, 1.165) is 5.56 Å². The first-order valence-corrected chi connectivity index (χ1v) is 6.46. The van der Waals surface area contributed by atoms with Crippen LogP contribution in [0.1, 0.15) is 16.5 Å². The van der Waals surface area contributed by atoms with E-state index in [9.17, 15) is 0 Å². The van der Waals surface area contributed by atoms with Crippen LogP contribution in [0.4, 0.5) is 0 Å². The van der Waals surface area contributed by atoms with E-state index in [2.05, 4.69) is 54.6 Å². The first kappa shape index (κ1) is 11.3.